The molecule has 0 aromatic heterocycles. The Morgan fingerprint density at radius 2 is 1.85 bits per heavy atom. The van der Waals surface area contributed by atoms with Gasteiger partial charge < -0.3 is 5.11 Å². The van der Waals surface area contributed by atoms with Crippen molar-refractivity contribution >= 4 is 12.0 Å². The third-order valence-corrected chi connectivity index (χ3v) is 2.98. The van der Waals surface area contributed by atoms with Crippen molar-refractivity contribution in [2.45, 2.75) is 39.0 Å². The lowest BCUT2D eigenvalue weighted by atomic mass is 10.0. The number of rotatable bonds is 8. The lowest BCUT2D eigenvalue weighted by Crippen LogP contribution is -1.88. The van der Waals surface area contributed by atoms with Crippen molar-refractivity contribution < 1.29 is 14.3 Å². The number of hydrogen-bond donors (Lipinski definition) is 1. The van der Waals surface area contributed by atoms with Gasteiger partial charge in [-0.15, -0.1) is 0 Å². The summed E-state index contributed by atoms with van der Waals surface area (Å²) in [7, 11) is 0. The smallest absolute Gasteiger partial charge is 0.328 e. The third-order valence-electron chi connectivity index (χ3n) is 2.98. The molecule has 108 valence electrons. The molecule has 0 spiro atoms. The van der Waals surface area contributed by atoms with Crippen molar-refractivity contribution in [2.24, 2.45) is 0 Å². The monoisotopic (exact) mass is 276 g/mol. The van der Waals surface area contributed by atoms with Crippen molar-refractivity contribution in [3.63, 3.8) is 0 Å². The van der Waals surface area contributed by atoms with Crippen LogP contribution in [0.15, 0.2) is 42.0 Å². The second kappa shape index (κ2) is 9.08. The van der Waals surface area contributed by atoms with E-state index in [9.17, 15) is 9.18 Å². The fraction of sp³-hybridized carbons (Fsp3) is 0.353. The highest BCUT2D eigenvalue weighted by atomic mass is 19.1. The minimum absolute atomic E-state index is 0.271. The molecule has 0 heterocycles. The number of halogens is 1. The average Bonchev–Trinajstić information content (AvgIpc) is 2.43. The zero-order chi connectivity index (χ0) is 14.8. The van der Waals surface area contributed by atoms with Crippen LogP contribution in [0.2, 0.25) is 0 Å². The van der Waals surface area contributed by atoms with Gasteiger partial charge in [0, 0.05) is 6.08 Å². The maximum absolute atomic E-state index is 12.9. The molecule has 0 unspecified atom stereocenters. The Morgan fingerprint density at radius 1 is 1.15 bits per heavy atom. The number of aliphatic carboxylic acids is 1. The highest BCUT2D eigenvalue weighted by molar-refractivity contribution is 5.80. The SMILES string of the molecule is CCCCCCC(/C=C/C(=O)O)=C\c1ccc(F)cc1. The summed E-state index contributed by atoms with van der Waals surface area (Å²) in [4.78, 5) is 10.6. The largest absolute Gasteiger partial charge is 0.478 e. The first kappa shape index (κ1) is 16.2. The molecular weight excluding hydrogens is 255 g/mol. The first-order valence-corrected chi connectivity index (χ1v) is 6.99. The molecule has 0 aliphatic carbocycles. The minimum atomic E-state index is -0.955. The molecular formula is C17H21FO2. The zero-order valence-electron chi connectivity index (χ0n) is 11.8. The van der Waals surface area contributed by atoms with Crippen LogP contribution in [-0.2, 0) is 4.79 Å². The molecule has 0 fully saturated rings. The fourth-order valence-corrected chi connectivity index (χ4v) is 1.91. The molecule has 20 heavy (non-hydrogen) atoms. The molecule has 1 N–H and O–H groups in total. The lowest BCUT2D eigenvalue weighted by Gasteiger charge is -2.03. The van der Waals surface area contributed by atoms with E-state index in [1.165, 1.54) is 25.0 Å². The van der Waals surface area contributed by atoms with Crippen molar-refractivity contribution in [3.8, 4) is 0 Å². The summed E-state index contributed by atoms with van der Waals surface area (Å²) < 4.78 is 12.9. The molecule has 0 saturated carbocycles. The number of unbranched alkanes of at least 4 members (excludes halogenated alkanes) is 3. The van der Waals surface area contributed by atoms with E-state index >= 15 is 0 Å². The second-order valence-corrected chi connectivity index (χ2v) is 4.75. The minimum Gasteiger partial charge on any atom is -0.478 e. The van der Waals surface area contributed by atoms with Gasteiger partial charge in [-0.1, -0.05) is 50.5 Å². The summed E-state index contributed by atoms with van der Waals surface area (Å²) in [6.07, 6.45) is 10.0. The quantitative estimate of drug-likeness (QED) is 0.420. The van der Waals surface area contributed by atoms with E-state index in [0.29, 0.717) is 0 Å². The van der Waals surface area contributed by atoms with Crippen molar-refractivity contribution in [1.82, 2.24) is 0 Å². The zero-order valence-corrected chi connectivity index (χ0v) is 11.8. The number of allylic oxidation sites excluding steroid dienone is 2. The molecule has 1 rings (SSSR count). The Labute approximate surface area is 119 Å². The van der Waals surface area contributed by atoms with E-state index in [2.05, 4.69) is 6.92 Å². The van der Waals surface area contributed by atoms with Crippen LogP contribution in [0.4, 0.5) is 4.39 Å². The first-order valence-electron chi connectivity index (χ1n) is 6.99. The Morgan fingerprint density at radius 3 is 2.45 bits per heavy atom. The van der Waals surface area contributed by atoms with Crippen molar-refractivity contribution in [3.05, 3.63) is 53.4 Å². The Hall–Kier alpha value is -1.90. The summed E-state index contributed by atoms with van der Waals surface area (Å²) in [6.45, 7) is 2.15. The van der Waals surface area contributed by atoms with Gasteiger partial charge in [-0.25, -0.2) is 9.18 Å². The van der Waals surface area contributed by atoms with Crippen molar-refractivity contribution in [1.29, 1.82) is 0 Å². The second-order valence-electron chi connectivity index (χ2n) is 4.75. The van der Waals surface area contributed by atoms with Gasteiger partial charge in [-0.3, -0.25) is 0 Å². The van der Waals surface area contributed by atoms with Gasteiger partial charge >= 0.3 is 5.97 Å². The highest BCUT2D eigenvalue weighted by Gasteiger charge is 1.98. The highest BCUT2D eigenvalue weighted by Crippen LogP contribution is 2.16. The van der Waals surface area contributed by atoms with Crippen LogP contribution in [0.3, 0.4) is 0 Å². The molecule has 0 aliphatic rings. The van der Waals surface area contributed by atoms with Gasteiger partial charge in [0.2, 0.25) is 0 Å². The van der Waals surface area contributed by atoms with E-state index in [4.69, 9.17) is 5.11 Å². The number of carbonyl (C=O) groups is 1. The molecule has 0 atom stereocenters. The summed E-state index contributed by atoms with van der Waals surface area (Å²) in [6, 6.07) is 6.19. The van der Waals surface area contributed by atoms with Crippen LogP contribution in [0.1, 0.15) is 44.6 Å². The number of benzene rings is 1. The Bertz CT molecular complexity index is 472. The summed E-state index contributed by atoms with van der Waals surface area (Å²) in [5, 5.41) is 8.71. The van der Waals surface area contributed by atoms with Gasteiger partial charge in [0.05, 0.1) is 0 Å². The Kier molecular flexibility index (Phi) is 7.33. The van der Waals surface area contributed by atoms with Crippen LogP contribution >= 0.6 is 0 Å². The molecule has 1 aromatic rings. The Balaban J connectivity index is 2.74. The van der Waals surface area contributed by atoms with Crippen LogP contribution < -0.4 is 0 Å². The summed E-state index contributed by atoms with van der Waals surface area (Å²) >= 11 is 0. The van der Waals surface area contributed by atoms with Crippen molar-refractivity contribution in [2.75, 3.05) is 0 Å². The van der Waals surface area contributed by atoms with Crippen LogP contribution in [0.25, 0.3) is 6.08 Å². The molecule has 2 nitrogen and oxygen atoms in total. The maximum Gasteiger partial charge on any atom is 0.328 e. The average molecular weight is 276 g/mol. The molecule has 1 aromatic carbocycles. The van der Waals surface area contributed by atoms with E-state index < -0.39 is 5.97 Å². The molecule has 0 amide bonds. The predicted octanol–water partition coefficient (Wildman–Crippen LogP) is 4.82. The van der Waals surface area contributed by atoms with Crippen LogP contribution in [-0.4, -0.2) is 11.1 Å². The van der Waals surface area contributed by atoms with E-state index in [1.54, 1.807) is 18.2 Å². The summed E-state index contributed by atoms with van der Waals surface area (Å²) in [5.74, 6) is -1.23. The fourth-order valence-electron chi connectivity index (χ4n) is 1.91. The lowest BCUT2D eigenvalue weighted by molar-refractivity contribution is -0.131. The van der Waals surface area contributed by atoms with E-state index in [-0.39, 0.29) is 5.82 Å². The first-order chi connectivity index (χ1) is 9.61. The standard InChI is InChI=1S/C17H21FO2/c1-2-3-4-5-6-14(9-12-17(19)20)13-15-7-10-16(18)11-8-15/h7-13H,2-6H2,1H3,(H,19,20)/b12-9+,14-13+. The van der Waals surface area contributed by atoms with Gasteiger partial charge in [-0.05, 0) is 36.1 Å². The third kappa shape index (κ3) is 6.88. The molecule has 0 aliphatic heterocycles. The van der Waals surface area contributed by atoms with E-state index in [1.807, 2.05) is 6.08 Å². The van der Waals surface area contributed by atoms with Gasteiger partial charge in [0.15, 0.2) is 0 Å². The number of carboxylic acid groups (broad SMARTS) is 1. The van der Waals surface area contributed by atoms with Crippen LogP contribution in [0, 0.1) is 5.82 Å². The molecule has 0 bridgehead atoms. The molecule has 3 heteroatoms. The number of hydrogen-bond acceptors (Lipinski definition) is 1. The number of carboxylic acids is 1. The van der Waals surface area contributed by atoms with Gasteiger partial charge in [0.1, 0.15) is 5.82 Å². The predicted molar refractivity (Wildman–Crippen MR) is 79.9 cm³/mol. The molecule has 0 radical (unpaired) electrons. The molecule has 0 saturated heterocycles. The van der Waals surface area contributed by atoms with Gasteiger partial charge in [-0.2, -0.15) is 0 Å². The maximum atomic E-state index is 12.9. The van der Waals surface area contributed by atoms with Gasteiger partial charge in [0.25, 0.3) is 0 Å². The van der Waals surface area contributed by atoms with Crippen LogP contribution in [0.5, 0.6) is 0 Å². The summed E-state index contributed by atoms with van der Waals surface area (Å²) in [5.41, 5.74) is 1.84. The normalized spacial score (nSPS) is 12.0. The van der Waals surface area contributed by atoms with E-state index in [0.717, 1.165) is 36.5 Å². The topological polar surface area (TPSA) is 37.3 Å².